The maximum atomic E-state index is 6.05. The van der Waals surface area contributed by atoms with Crippen molar-refractivity contribution in [2.24, 2.45) is 0 Å². The lowest BCUT2D eigenvalue weighted by Crippen LogP contribution is -2.29. The fourth-order valence-corrected chi connectivity index (χ4v) is 3.73. The molecular formula is C20H19ClN2O. The molecule has 5 rings (SSSR count). The molecule has 0 radical (unpaired) electrons. The molecule has 0 aliphatic heterocycles. The van der Waals surface area contributed by atoms with Crippen LogP contribution in [0.5, 0.6) is 0 Å². The topological polar surface area (TPSA) is 38.1 Å². The van der Waals surface area contributed by atoms with Crippen molar-refractivity contribution in [3.05, 3.63) is 65.0 Å². The van der Waals surface area contributed by atoms with Crippen molar-refractivity contribution >= 4 is 22.7 Å². The summed E-state index contributed by atoms with van der Waals surface area (Å²) in [6.45, 7) is 0.946. The number of aromatic nitrogens is 1. The van der Waals surface area contributed by atoms with Crippen molar-refractivity contribution in [1.82, 2.24) is 10.3 Å². The largest absolute Gasteiger partial charge is 0.440 e. The van der Waals surface area contributed by atoms with Gasteiger partial charge >= 0.3 is 0 Å². The van der Waals surface area contributed by atoms with Gasteiger partial charge in [0.05, 0.1) is 5.41 Å². The summed E-state index contributed by atoms with van der Waals surface area (Å²) in [5.74, 6) is 1.52. The molecule has 0 bridgehead atoms. The second-order valence-corrected chi connectivity index (χ2v) is 7.59. The van der Waals surface area contributed by atoms with Crippen molar-refractivity contribution < 1.29 is 4.42 Å². The zero-order chi connectivity index (χ0) is 16.1. The zero-order valence-electron chi connectivity index (χ0n) is 13.3. The van der Waals surface area contributed by atoms with Crippen LogP contribution in [0.4, 0.5) is 0 Å². The Morgan fingerprint density at radius 1 is 1.17 bits per heavy atom. The summed E-state index contributed by atoms with van der Waals surface area (Å²) in [4.78, 5) is 4.69. The van der Waals surface area contributed by atoms with Crippen molar-refractivity contribution in [2.75, 3.05) is 6.54 Å². The smallest absolute Gasteiger partial charge is 0.202 e. The molecule has 2 aliphatic rings. The van der Waals surface area contributed by atoms with E-state index in [0.717, 1.165) is 36.4 Å². The molecule has 2 fully saturated rings. The summed E-state index contributed by atoms with van der Waals surface area (Å²) < 4.78 is 6.00. The molecule has 2 aromatic carbocycles. The van der Waals surface area contributed by atoms with E-state index in [9.17, 15) is 0 Å². The number of benzene rings is 2. The van der Waals surface area contributed by atoms with Gasteiger partial charge in [-0.1, -0.05) is 41.9 Å². The minimum Gasteiger partial charge on any atom is -0.440 e. The van der Waals surface area contributed by atoms with Gasteiger partial charge in [-0.2, -0.15) is 0 Å². The van der Waals surface area contributed by atoms with Crippen LogP contribution < -0.4 is 5.32 Å². The van der Waals surface area contributed by atoms with E-state index in [4.69, 9.17) is 21.0 Å². The molecule has 122 valence electrons. The molecule has 0 amide bonds. The van der Waals surface area contributed by atoms with Gasteiger partial charge in [0.15, 0.2) is 5.58 Å². The van der Waals surface area contributed by atoms with E-state index in [-0.39, 0.29) is 5.41 Å². The van der Waals surface area contributed by atoms with Crippen LogP contribution in [0, 0.1) is 0 Å². The fourth-order valence-electron chi connectivity index (χ4n) is 3.56. The Morgan fingerprint density at radius 2 is 2.00 bits per heavy atom. The normalized spacial score (nSPS) is 24.2. The Hall–Kier alpha value is -1.84. The van der Waals surface area contributed by atoms with Gasteiger partial charge in [0.2, 0.25) is 5.89 Å². The molecule has 2 saturated carbocycles. The van der Waals surface area contributed by atoms with Gasteiger partial charge in [-0.15, -0.1) is 0 Å². The summed E-state index contributed by atoms with van der Waals surface area (Å²) in [5.41, 5.74) is 3.21. The Kier molecular flexibility index (Phi) is 3.22. The molecule has 2 atom stereocenters. The highest BCUT2D eigenvalue weighted by molar-refractivity contribution is 6.31. The Morgan fingerprint density at radius 3 is 2.79 bits per heavy atom. The summed E-state index contributed by atoms with van der Waals surface area (Å²) in [6.07, 6.45) is 3.51. The number of oxazole rings is 1. The molecule has 0 saturated heterocycles. The predicted molar refractivity (Wildman–Crippen MR) is 95.5 cm³/mol. The maximum Gasteiger partial charge on any atom is 0.202 e. The minimum absolute atomic E-state index is 0.0787. The molecule has 1 aromatic heterocycles. The van der Waals surface area contributed by atoms with Gasteiger partial charge in [-0.3, -0.25) is 0 Å². The standard InChI is InChI=1S/C20H19ClN2O/c21-14-6-7-18-17(10-14)23-19(24-18)20(8-9-20)12-22-16-11-15(16)13-4-2-1-3-5-13/h1-7,10,15-16,22H,8-9,11-12H2/t15?,16-/m0/s1. The van der Waals surface area contributed by atoms with Gasteiger partial charge in [0, 0.05) is 23.5 Å². The lowest BCUT2D eigenvalue weighted by atomic mass is 10.1. The van der Waals surface area contributed by atoms with E-state index in [0.29, 0.717) is 17.0 Å². The third kappa shape index (κ3) is 2.52. The maximum absolute atomic E-state index is 6.05. The van der Waals surface area contributed by atoms with Crippen LogP contribution in [0.2, 0.25) is 5.02 Å². The molecule has 1 N–H and O–H groups in total. The lowest BCUT2D eigenvalue weighted by molar-refractivity contribution is 0.434. The van der Waals surface area contributed by atoms with E-state index in [1.807, 2.05) is 18.2 Å². The van der Waals surface area contributed by atoms with E-state index in [1.165, 1.54) is 12.0 Å². The van der Waals surface area contributed by atoms with Gasteiger partial charge in [0.25, 0.3) is 0 Å². The fraction of sp³-hybridized carbons (Fsp3) is 0.350. The lowest BCUT2D eigenvalue weighted by Gasteiger charge is -2.12. The van der Waals surface area contributed by atoms with E-state index in [2.05, 4.69) is 35.6 Å². The summed E-state index contributed by atoms with van der Waals surface area (Å²) >= 11 is 6.05. The molecular weight excluding hydrogens is 320 g/mol. The van der Waals surface area contributed by atoms with Gasteiger partial charge < -0.3 is 9.73 Å². The molecule has 2 aliphatic carbocycles. The Labute approximate surface area is 146 Å². The van der Waals surface area contributed by atoms with Crippen LogP contribution in [0.1, 0.15) is 36.6 Å². The Bertz CT molecular complexity index is 885. The van der Waals surface area contributed by atoms with Gasteiger partial charge in [-0.05, 0) is 43.0 Å². The average molecular weight is 339 g/mol. The van der Waals surface area contributed by atoms with Crippen LogP contribution in [-0.2, 0) is 5.41 Å². The van der Waals surface area contributed by atoms with Crippen molar-refractivity contribution in [1.29, 1.82) is 0 Å². The third-order valence-corrected chi connectivity index (χ3v) is 5.61. The first-order valence-corrected chi connectivity index (χ1v) is 8.96. The minimum atomic E-state index is 0.0787. The molecule has 24 heavy (non-hydrogen) atoms. The number of halogens is 1. The summed E-state index contributed by atoms with van der Waals surface area (Å²) in [7, 11) is 0. The average Bonchev–Trinajstić information content (AvgIpc) is 3.51. The zero-order valence-corrected chi connectivity index (χ0v) is 14.1. The second kappa shape index (κ2) is 5.33. The Balaban J connectivity index is 1.29. The summed E-state index contributed by atoms with van der Waals surface area (Å²) in [6, 6.07) is 17.0. The van der Waals surface area contributed by atoms with Crippen molar-refractivity contribution in [3.8, 4) is 0 Å². The van der Waals surface area contributed by atoms with Crippen LogP contribution in [0.3, 0.4) is 0 Å². The number of nitrogens with zero attached hydrogens (tertiary/aromatic N) is 1. The van der Waals surface area contributed by atoms with Gasteiger partial charge in [0.1, 0.15) is 5.52 Å². The number of rotatable bonds is 5. The van der Waals surface area contributed by atoms with E-state index in [1.54, 1.807) is 0 Å². The van der Waals surface area contributed by atoms with Crippen LogP contribution in [0.15, 0.2) is 52.9 Å². The second-order valence-electron chi connectivity index (χ2n) is 7.15. The van der Waals surface area contributed by atoms with E-state index >= 15 is 0 Å². The quantitative estimate of drug-likeness (QED) is 0.735. The van der Waals surface area contributed by atoms with Crippen molar-refractivity contribution in [2.45, 2.75) is 36.6 Å². The van der Waals surface area contributed by atoms with Crippen LogP contribution in [-0.4, -0.2) is 17.6 Å². The first-order chi connectivity index (χ1) is 11.7. The van der Waals surface area contributed by atoms with Gasteiger partial charge in [-0.25, -0.2) is 4.98 Å². The summed E-state index contributed by atoms with van der Waals surface area (Å²) in [5, 5.41) is 4.44. The first kappa shape index (κ1) is 14.5. The SMILES string of the molecule is Clc1ccc2oc(C3(CN[C@H]4CC4c4ccccc4)CC3)nc2c1. The number of nitrogens with one attached hydrogen (secondary N) is 1. The van der Waals surface area contributed by atoms with Crippen LogP contribution >= 0.6 is 11.6 Å². The molecule has 4 heteroatoms. The highest BCUT2D eigenvalue weighted by Crippen LogP contribution is 2.49. The van der Waals surface area contributed by atoms with E-state index < -0.39 is 0 Å². The monoisotopic (exact) mass is 338 g/mol. The third-order valence-electron chi connectivity index (χ3n) is 5.38. The number of fused-ring (bicyclic) bond motifs is 1. The molecule has 1 heterocycles. The molecule has 3 nitrogen and oxygen atoms in total. The molecule has 0 spiro atoms. The first-order valence-electron chi connectivity index (χ1n) is 8.58. The highest BCUT2D eigenvalue weighted by Gasteiger charge is 2.50. The molecule has 1 unspecified atom stereocenters. The molecule has 3 aromatic rings. The van der Waals surface area contributed by atoms with Crippen molar-refractivity contribution in [3.63, 3.8) is 0 Å². The number of hydrogen-bond acceptors (Lipinski definition) is 3. The van der Waals surface area contributed by atoms with Crippen LogP contribution in [0.25, 0.3) is 11.1 Å². The highest BCUT2D eigenvalue weighted by atomic mass is 35.5. The number of hydrogen-bond donors (Lipinski definition) is 1. The predicted octanol–water partition coefficient (Wildman–Crippen LogP) is 4.66.